The van der Waals surface area contributed by atoms with Crippen molar-refractivity contribution in [3.8, 4) is 0 Å². The summed E-state index contributed by atoms with van der Waals surface area (Å²) in [7, 11) is 0. The van der Waals surface area contributed by atoms with Gasteiger partial charge in [0.2, 0.25) is 5.91 Å². The molecule has 0 bridgehead atoms. The van der Waals surface area contributed by atoms with Crippen LogP contribution in [0.15, 0.2) is 17.5 Å². The minimum Gasteiger partial charge on any atom is -0.353 e. The van der Waals surface area contributed by atoms with Gasteiger partial charge in [0.1, 0.15) is 0 Å². The summed E-state index contributed by atoms with van der Waals surface area (Å²) in [5.74, 6) is 0.412. The molecule has 0 radical (unpaired) electrons. The van der Waals surface area contributed by atoms with Crippen LogP contribution in [0.1, 0.15) is 48.2 Å². The van der Waals surface area contributed by atoms with E-state index in [1.54, 1.807) is 6.07 Å². The third-order valence-corrected chi connectivity index (χ3v) is 4.84. The molecule has 110 valence electrons. The van der Waals surface area contributed by atoms with Gasteiger partial charge in [-0.05, 0) is 36.8 Å². The fraction of sp³-hybridized carbons (Fsp3) is 0.600. The maximum atomic E-state index is 11.9. The number of nitrogens with one attached hydrogen (secondary N) is 1. The van der Waals surface area contributed by atoms with Gasteiger partial charge in [-0.2, -0.15) is 0 Å². The normalized spacial score (nSPS) is 22.4. The van der Waals surface area contributed by atoms with Crippen LogP contribution in [0, 0.1) is 5.92 Å². The summed E-state index contributed by atoms with van der Waals surface area (Å²) >= 11 is 1.42. The largest absolute Gasteiger partial charge is 0.353 e. The topological polar surface area (TPSA) is 72.2 Å². The Labute approximate surface area is 123 Å². The van der Waals surface area contributed by atoms with Crippen molar-refractivity contribution < 1.29 is 9.59 Å². The maximum absolute atomic E-state index is 11.9. The Hall–Kier alpha value is -1.20. The van der Waals surface area contributed by atoms with Gasteiger partial charge in [0.05, 0.1) is 4.88 Å². The zero-order valence-corrected chi connectivity index (χ0v) is 12.5. The standard InChI is InChI=1S/C15H22N2O2S/c16-10-11-4-1-2-5-12(11)17-15(19)8-7-13(18)14-6-3-9-20-14/h3,6,9,11-12H,1-2,4-5,7-8,10,16H2,(H,17,19). The van der Waals surface area contributed by atoms with Crippen LogP contribution < -0.4 is 11.1 Å². The molecule has 1 fully saturated rings. The molecular weight excluding hydrogens is 272 g/mol. The Morgan fingerprint density at radius 1 is 1.30 bits per heavy atom. The summed E-state index contributed by atoms with van der Waals surface area (Å²) in [6, 6.07) is 3.85. The SMILES string of the molecule is NCC1CCCCC1NC(=O)CCC(=O)c1cccs1. The molecule has 4 nitrogen and oxygen atoms in total. The number of nitrogens with two attached hydrogens (primary N) is 1. The van der Waals surface area contributed by atoms with E-state index in [1.165, 1.54) is 17.8 Å². The minimum atomic E-state index is -0.0275. The van der Waals surface area contributed by atoms with E-state index in [1.807, 2.05) is 11.4 Å². The van der Waals surface area contributed by atoms with Crippen molar-refractivity contribution in [2.45, 2.75) is 44.6 Å². The Morgan fingerprint density at radius 3 is 2.80 bits per heavy atom. The van der Waals surface area contributed by atoms with Crippen LogP contribution in [-0.2, 0) is 4.79 Å². The fourth-order valence-corrected chi connectivity index (χ4v) is 3.44. The lowest BCUT2D eigenvalue weighted by Gasteiger charge is -2.31. The molecule has 1 aromatic heterocycles. The number of thiophene rings is 1. The Balaban J connectivity index is 1.76. The number of carbonyl (C=O) groups is 2. The van der Waals surface area contributed by atoms with Crippen molar-refractivity contribution >= 4 is 23.0 Å². The third kappa shape index (κ3) is 4.15. The van der Waals surface area contributed by atoms with E-state index in [0.717, 1.165) is 24.1 Å². The first kappa shape index (κ1) is 15.2. The van der Waals surface area contributed by atoms with Gasteiger partial charge >= 0.3 is 0 Å². The lowest BCUT2D eigenvalue weighted by atomic mass is 9.84. The van der Waals surface area contributed by atoms with E-state index < -0.39 is 0 Å². The van der Waals surface area contributed by atoms with Crippen LogP contribution >= 0.6 is 11.3 Å². The monoisotopic (exact) mass is 294 g/mol. The Morgan fingerprint density at radius 2 is 2.10 bits per heavy atom. The average Bonchev–Trinajstić information content (AvgIpc) is 2.99. The molecular formula is C15H22N2O2S. The van der Waals surface area contributed by atoms with Crippen LogP contribution in [0.25, 0.3) is 0 Å². The molecule has 2 unspecified atom stereocenters. The van der Waals surface area contributed by atoms with Gasteiger partial charge in [0.15, 0.2) is 5.78 Å². The highest BCUT2D eigenvalue weighted by atomic mass is 32.1. The molecule has 1 amide bonds. The number of hydrogen-bond acceptors (Lipinski definition) is 4. The summed E-state index contributed by atoms with van der Waals surface area (Å²) in [6.45, 7) is 0.624. The average molecular weight is 294 g/mol. The Bertz CT molecular complexity index is 445. The van der Waals surface area contributed by atoms with Crippen LogP contribution in [0.4, 0.5) is 0 Å². The second kappa shape index (κ2) is 7.55. The summed E-state index contributed by atoms with van der Waals surface area (Å²) in [4.78, 5) is 24.5. The molecule has 20 heavy (non-hydrogen) atoms. The molecule has 5 heteroatoms. The van der Waals surface area contributed by atoms with Crippen molar-refractivity contribution in [2.24, 2.45) is 11.7 Å². The predicted molar refractivity (Wildman–Crippen MR) is 80.8 cm³/mol. The van der Waals surface area contributed by atoms with E-state index >= 15 is 0 Å². The second-order valence-electron chi connectivity index (χ2n) is 5.35. The maximum Gasteiger partial charge on any atom is 0.220 e. The fourth-order valence-electron chi connectivity index (χ4n) is 2.75. The van der Waals surface area contributed by atoms with Crippen molar-refractivity contribution in [3.63, 3.8) is 0 Å². The number of amides is 1. The molecule has 0 spiro atoms. The van der Waals surface area contributed by atoms with Gasteiger partial charge in [-0.3, -0.25) is 9.59 Å². The lowest BCUT2D eigenvalue weighted by Crippen LogP contribution is -2.44. The van der Waals surface area contributed by atoms with Crippen molar-refractivity contribution in [3.05, 3.63) is 22.4 Å². The summed E-state index contributed by atoms with van der Waals surface area (Å²) < 4.78 is 0. The molecule has 2 rings (SSSR count). The third-order valence-electron chi connectivity index (χ3n) is 3.93. The van der Waals surface area contributed by atoms with E-state index in [2.05, 4.69) is 5.32 Å². The van der Waals surface area contributed by atoms with E-state index in [-0.39, 0.29) is 30.6 Å². The number of rotatable bonds is 6. The quantitative estimate of drug-likeness (QED) is 0.791. The summed E-state index contributed by atoms with van der Waals surface area (Å²) in [5, 5.41) is 4.93. The highest BCUT2D eigenvalue weighted by molar-refractivity contribution is 7.12. The van der Waals surface area contributed by atoms with E-state index in [9.17, 15) is 9.59 Å². The highest BCUT2D eigenvalue weighted by Gasteiger charge is 2.25. The second-order valence-corrected chi connectivity index (χ2v) is 6.30. The van der Waals surface area contributed by atoms with Gasteiger partial charge in [-0.25, -0.2) is 0 Å². The zero-order chi connectivity index (χ0) is 14.4. The zero-order valence-electron chi connectivity index (χ0n) is 11.6. The molecule has 1 saturated carbocycles. The van der Waals surface area contributed by atoms with Crippen LogP contribution in [0.5, 0.6) is 0 Å². The molecule has 0 aromatic carbocycles. The molecule has 3 N–H and O–H groups in total. The first-order valence-electron chi connectivity index (χ1n) is 7.27. The van der Waals surface area contributed by atoms with Crippen molar-refractivity contribution in [1.29, 1.82) is 0 Å². The molecule has 1 aliphatic rings. The molecule has 0 saturated heterocycles. The van der Waals surface area contributed by atoms with Gasteiger partial charge in [0, 0.05) is 18.9 Å². The van der Waals surface area contributed by atoms with Crippen LogP contribution in [-0.4, -0.2) is 24.3 Å². The molecule has 2 atom stereocenters. The van der Waals surface area contributed by atoms with Crippen LogP contribution in [0.3, 0.4) is 0 Å². The van der Waals surface area contributed by atoms with Gasteiger partial charge in [-0.15, -0.1) is 11.3 Å². The number of ketones is 1. The molecule has 0 aliphatic heterocycles. The van der Waals surface area contributed by atoms with Crippen LogP contribution in [0.2, 0.25) is 0 Å². The predicted octanol–water partition coefficient (Wildman–Crippen LogP) is 2.34. The van der Waals surface area contributed by atoms with Gasteiger partial charge < -0.3 is 11.1 Å². The number of hydrogen-bond donors (Lipinski definition) is 2. The van der Waals surface area contributed by atoms with E-state index in [4.69, 9.17) is 5.73 Å². The highest BCUT2D eigenvalue weighted by Crippen LogP contribution is 2.23. The van der Waals surface area contributed by atoms with Crippen molar-refractivity contribution in [2.75, 3.05) is 6.54 Å². The molecule has 1 heterocycles. The lowest BCUT2D eigenvalue weighted by molar-refractivity contribution is -0.122. The van der Waals surface area contributed by atoms with Crippen molar-refractivity contribution in [1.82, 2.24) is 5.32 Å². The first-order chi connectivity index (χ1) is 9.70. The van der Waals surface area contributed by atoms with Gasteiger partial charge in [0.25, 0.3) is 0 Å². The first-order valence-corrected chi connectivity index (χ1v) is 8.15. The summed E-state index contributed by atoms with van der Waals surface area (Å²) in [6.07, 6.45) is 5.00. The molecule has 1 aromatic rings. The molecule has 1 aliphatic carbocycles. The van der Waals surface area contributed by atoms with E-state index in [0.29, 0.717) is 12.5 Å². The van der Waals surface area contributed by atoms with Gasteiger partial charge in [-0.1, -0.05) is 18.9 Å². The summed E-state index contributed by atoms with van der Waals surface area (Å²) in [5.41, 5.74) is 5.75. The Kier molecular flexibility index (Phi) is 5.73. The minimum absolute atomic E-state index is 0.0275. The number of Topliss-reactive ketones (excluding diaryl/α,β-unsaturated/α-hetero) is 1. The number of carbonyl (C=O) groups excluding carboxylic acids is 2. The smallest absolute Gasteiger partial charge is 0.220 e.